The van der Waals surface area contributed by atoms with Gasteiger partial charge in [0.2, 0.25) is 13.4 Å². The molecule has 0 spiro atoms. The number of aromatic nitrogens is 2. The molecule has 4 aliphatic rings. The molecule has 0 aliphatic carbocycles. The van der Waals surface area contributed by atoms with Gasteiger partial charge in [0.15, 0.2) is 0 Å². The van der Waals surface area contributed by atoms with Gasteiger partial charge in [0, 0.05) is 32.9 Å². The van der Waals surface area contributed by atoms with E-state index in [1.54, 1.807) is 0 Å². The Bertz CT molecular complexity index is 4170. The highest BCUT2D eigenvalue weighted by Crippen LogP contribution is 2.47. The molecule has 0 atom stereocenters. The van der Waals surface area contributed by atoms with Gasteiger partial charge in [0.1, 0.15) is 0 Å². The van der Waals surface area contributed by atoms with Crippen LogP contribution in [0.25, 0.3) is 122 Å². The number of nitrogens with zero attached hydrogens (tertiary/aromatic N) is 2. The molecule has 0 unspecified atom stereocenters. The van der Waals surface area contributed by atoms with Crippen LogP contribution in [0.3, 0.4) is 0 Å². The monoisotopic (exact) mass is 880 g/mol. The summed E-state index contributed by atoms with van der Waals surface area (Å²) in [6, 6.07) is 87.2. The summed E-state index contributed by atoms with van der Waals surface area (Å²) in [6.07, 6.45) is 0. The van der Waals surface area contributed by atoms with Crippen LogP contribution in [0.15, 0.2) is 231 Å². The Hall–Kier alpha value is -8.85. The van der Waals surface area contributed by atoms with E-state index in [0.717, 1.165) is 0 Å². The van der Waals surface area contributed by atoms with E-state index in [4.69, 9.17) is 0 Å². The van der Waals surface area contributed by atoms with E-state index in [9.17, 15) is 0 Å². The van der Waals surface area contributed by atoms with Crippen molar-refractivity contribution in [3.05, 3.63) is 231 Å². The summed E-state index contributed by atoms with van der Waals surface area (Å²) >= 11 is 0. The lowest BCUT2D eigenvalue weighted by Gasteiger charge is -2.31. The summed E-state index contributed by atoms with van der Waals surface area (Å²) in [7, 11) is 0. The van der Waals surface area contributed by atoms with Crippen LogP contribution < -0.4 is 32.8 Å². The van der Waals surface area contributed by atoms with Gasteiger partial charge in [0.25, 0.3) is 0 Å². The van der Waals surface area contributed by atoms with E-state index >= 15 is 0 Å². The first-order valence-electron chi connectivity index (χ1n) is 24.7. The summed E-state index contributed by atoms with van der Waals surface area (Å²) in [5.41, 5.74) is 31.4. The van der Waals surface area contributed by atoms with E-state index < -0.39 is 0 Å². The molecule has 0 fully saturated rings. The molecule has 4 aliphatic heterocycles. The molecule has 0 radical (unpaired) electrons. The van der Waals surface area contributed by atoms with Crippen LogP contribution in [-0.4, -0.2) is 22.6 Å². The van der Waals surface area contributed by atoms with Crippen LogP contribution >= 0.6 is 0 Å². The Morgan fingerprint density at radius 2 is 0.629 bits per heavy atom. The minimum Gasteiger partial charge on any atom is -0.310 e. The summed E-state index contributed by atoms with van der Waals surface area (Å²) in [5, 5.41) is 5.24. The van der Waals surface area contributed by atoms with Crippen LogP contribution in [0.1, 0.15) is 0 Å². The molecule has 0 bridgehead atoms. The van der Waals surface area contributed by atoms with Crippen LogP contribution in [0.5, 0.6) is 0 Å². The Morgan fingerprint density at radius 3 is 1.04 bits per heavy atom. The molecule has 6 heterocycles. The summed E-state index contributed by atoms with van der Waals surface area (Å²) < 4.78 is 5.38. The third kappa shape index (κ3) is 4.66. The van der Waals surface area contributed by atoms with Gasteiger partial charge >= 0.3 is 0 Å². The zero-order valence-electron chi connectivity index (χ0n) is 38.0. The topological polar surface area (TPSA) is 9.86 Å². The summed E-state index contributed by atoms with van der Waals surface area (Å²) in [5.74, 6) is 0. The fraction of sp³-hybridized carbons (Fsp3) is 0. The number of hydrogen-bond donors (Lipinski definition) is 0. The molecule has 0 saturated heterocycles. The van der Waals surface area contributed by atoms with E-state index in [0.29, 0.717) is 0 Å². The highest BCUT2D eigenvalue weighted by atomic mass is 15.0. The number of hydrogen-bond acceptors (Lipinski definition) is 0. The maximum Gasteiger partial charge on any atom is 0.248 e. The average Bonchev–Trinajstić information content (AvgIpc) is 4.16. The normalized spacial score (nSPS) is 13.1. The maximum absolute atomic E-state index is 2.69. The van der Waals surface area contributed by atoms with Crippen molar-refractivity contribution < 1.29 is 0 Å². The van der Waals surface area contributed by atoms with E-state index in [1.165, 1.54) is 155 Å². The molecular formula is C66H38B2N2. The van der Waals surface area contributed by atoms with Gasteiger partial charge in [-0.3, -0.25) is 0 Å². The predicted octanol–water partition coefficient (Wildman–Crippen LogP) is 12.2. The van der Waals surface area contributed by atoms with Crippen LogP contribution in [-0.2, 0) is 0 Å². The molecule has 0 saturated carbocycles. The second-order valence-corrected chi connectivity index (χ2v) is 19.8. The van der Waals surface area contributed by atoms with Gasteiger partial charge in [0.05, 0.1) is 22.1 Å². The quantitative estimate of drug-likeness (QED) is 0.156. The number of rotatable bonds is 4. The zero-order valence-corrected chi connectivity index (χ0v) is 38.0. The lowest BCUT2D eigenvalue weighted by molar-refractivity contribution is 1.16. The first kappa shape index (κ1) is 37.2. The molecule has 13 aromatic rings. The van der Waals surface area contributed by atoms with Gasteiger partial charge in [-0.15, -0.1) is 0 Å². The molecule has 17 rings (SSSR count). The third-order valence-corrected chi connectivity index (χ3v) is 16.5. The van der Waals surface area contributed by atoms with E-state index in [-0.39, 0.29) is 13.4 Å². The van der Waals surface area contributed by atoms with Crippen LogP contribution in [0.4, 0.5) is 0 Å². The standard InChI is InChI=1S/C66H38B2N2/c1-5-17-39(18-6-1)43-29-31-47-57(33-43)69-59-37-56-60(38-55(59)67-53-27-15-13-25-45(53)51-35-49(41-21-9-3-10-22-41)61(47)65(69)63(51)67)70-58-34-44(40-19-7-2-8-20-40)30-32-48(58)62-50(42-23-11-4-12-24-42)36-52-46-26-14-16-28-54(46)68(56)64(52)66(62)70/h1-38H. The fourth-order valence-electron chi connectivity index (χ4n) is 13.7. The highest BCUT2D eigenvalue weighted by molar-refractivity contribution is 7.03. The summed E-state index contributed by atoms with van der Waals surface area (Å²) in [4.78, 5) is 0. The lowest BCUT2D eigenvalue weighted by atomic mass is 9.35. The van der Waals surface area contributed by atoms with Crippen LogP contribution in [0, 0.1) is 0 Å². The molecule has 0 amide bonds. The van der Waals surface area contributed by atoms with Crippen molar-refractivity contribution in [2.75, 3.05) is 0 Å². The maximum atomic E-state index is 2.69. The van der Waals surface area contributed by atoms with Crippen molar-refractivity contribution >= 4 is 89.8 Å². The molecule has 11 aromatic carbocycles. The van der Waals surface area contributed by atoms with Crippen molar-refractivity contribution in [3.63, 3.8) is 0 Å². The van der Waals surface area contributed by atoms with Gasteiger partial charge in [-0.25, -0.2) is 0 Å². The van der Waals surface area contributed by atoms with Crippen molar-refractivity contribution in [2.24, 2.45) is 0 Å². The van der Waals surface area contributed by atoms with Crippen molar-refractivity contribution in [3.8, 4) is 78.1 Å². The van der Waals surface area contributed by atoms with Gasteiger partial charge in [-0.05, 0) is 125 Å². The average molecular weight is 881 g/mol. The molecule has 2 aromatic heterocycles. The van der Waals surface area contributed by atoms with Gasteiger partial charge in [-0.2, -0.15) is 0 Å². The molecule has 318 valence electrons. The smallest absolute Gasteiger partial charge is 0.248 e. The highest BCUT2D eigenvalue weighted by Gasteiger charge is 2.46. The second kappa shape index (κ2) is 13.4. The van der Waals surface area contributed by atoms with E-state index in [1.807, 2.05) is 0 Å². The minimum absolute atomic E-state index is 0.0601. The molecule has 70 heavy (non-hydrogen) atoms. The van der Waals surface area contributed by atoms with Crippen molar-refractivity contribution in [2.45, 2.75) is 0 Å². The lowest BCUT2D eigenvalue weighted by Crippen LogP contribution is -2.57. The van der Waals surface area contributed by atoms with E-state index in [2.05, 4.69) is 240 Å². The second-order valence-electron chi connectivity index (χ2n) is 19.8. The fourth-order valence-corrected chi connectivity index (χ4v) is 13.7. The Morgan fingerprint density at radius 1 is 0.257 bits per heavy atom. The molecule has 0 N–H and O–H groups in total. The van der Waals surface area contributed by atoms with Gasteiger partial charge in [-0.1, -0.05) is 205 Å². The van der Waals surface area contributed by atoms with Crippen molar-refractivity contribution in [1.82, 2.24) is 9.13 Å². The zero-order chi connectivity index (χ0) is 45.3. The number of benzene rings is 11. The van der Waals surface area contributed by atoms with Crippen molar-refractivity contribution in [1.29, 1.82) is 0 Å². The molecule has 4 heteroatoms. The SMILES string of the molecule is c1ccc(-c2ccc3c4c(-c5ccccc5)cc5c6c4n(c3c2)-c2cc3c(cc2B6c2ccccc2-5)-n2c4cc(-c5ccccc5)ccc4c4c(-c5ccccc5)cc5c(c42)B3c2ccccc2-5)cc1. The Kier molecular flexibility index (Phi) is 7.13. The first-order valence-corrected chi connectivity index (χ1v) is 24.7. The Labute approximate surface area is 405 Å². The minimum atomic E-state index is 0.0601. The van der Waals surface area contributed by atoms with Gasteiger partial charge < -0.3 is 9.13 Å². The largest absolute Gasteiger partial charge is 0.310 e. The molecular weight excluding hydrogens is 842 g/mol. The predicted molar refractivity (Wildman–Crippen MR) is 297 cm³/mol. The summed E-state index contributed by atoms with van der Waals surface area (Å²) in [6.45, 7) is 0.120. The Balaban J connectivity index is 1.06. The van der Waals surface area contributed by atoms with Crippen LogP contribution in [0.2, 0.25) is 0 Å². The molecule has 2 nitrogen and oxygen atoms in total. The first-order chi connectivity index (χ1) is 34.8. The third-order valence-electron chi connectivity index (χ3n) is 16.5. The number of fused-ring (bicyclic) bond motifs is 18.